The van der Waals surface area contributed by atoms with E-state index in [0.717, 1.165) is 59.4 Å². The van der Waals surface area contributed by atoms with Crippen LogP contribution in [0.5, 0.6) is 0 Å². The number of rotatable bonds is 10. The summed E-state index contributed by atoms with van der Waals surface area (Å²) in [7, 11) is 4.68. The molecule has 2 aromatic rings. The zero-order valence-electron chi connectivity index (χ0n) is 23.2. The van der Waals surface area contributed by atoms with Crippen LogP contribution in [-0.4, -0.2) is 73.9 Å². The van der Waals surface area contributed by atoms with Gasteiger partial charge >= 0.3 is 0 Å². The van der Waals surface area contributed by atoms with Crippen molar-refractivity contribution in [3.8, 4) is 0 Å². The molecule has 0 spiro atoms. The van der Waals surface area contributed by atoms with Crippen LogP contribution in [0.4, 0.5) is 0 Å². The number of carbonyl (C=O) groups is 2. The highest BCUT2D eigenvalue weighted by molar-refractivity contribution is 6.00. The van der Waals surface area contributed by atoms with Gasteiger partial charge in [-0.2, -0.15) is 0 Å². The Kier molecular flexibility index (Phi) is 9.72. The number of benzene rings is 2. The van der Waals surface area contributed by atoms with Crippen LogP contribution in [0, 0.1) is 11.8 Å². The van der Waals surface area contributed by atoms with E-state index in [-0.39, 0.29) is 23.4 Å². The van der Waals surface area contributed by atoms with Gasteiger partial charge in [0.2, 0.25) is 0 Å². The van der Waals surface area contributed by atoms with Gasteiger partial charge in [0.1, 0.15) is 0 Å². The fourth-order valence-electron chi connectivity index (χ4n) is 6.88. The average molecular weight is 505 g/mol. The van der Waals surface area contributed by atoms with Crippen molar-refractivity contribution in [2.75, 3.05) is 53.4 Å². The maximum absolute atomic E-state index is 14.0. The molecule has 2 heterocycles. The average Bonchev–Trinajstić information content (AvgIpc) is 3.27. The first kappa shape index (κ1) is 27.7. The predicted molar refractivity (Wildman–Crippen MR) is 152 cm³/mol. The fraction of sp³-hybridized carbons (Fsp3) is 0.576. The van der Waals surface area contributed by atoms with Gasteiger partial charge in [0, 0.05) is 11.1 Å². The van der Waals surface area contributed by atoms with Gasteiger partial charge in [0.25, 0.3) is 0 Å². The molecule has 2 atom stereocenters. The largest absolute Gasteiger partial charge is 0.325 e. The number of ketones is 2. The standard InChI is InChI=1S/C33H48N2O2/c1-34(21-13-3-4-14-22-34)26-30(32(36)28-17-9-7-10-18-28)25-31(33(37)29-19-11-8-12-20-29)27-35(2)23-15-5-6-16-24-35/h7-12,17-20,30-31H,3-6,13-16,21-27H2,1-2H3/q+2/t30-,31-/m1/s1. The number of hydrogen-bond donors (Lipinski definition) is 0. The van der Waals surface area contributed by atoms with E-state index < -0.39 is 0 Å². The van der Waals surface area contributed by atoms with Crippen molar-refractivity contribution in [1.82, 2.24) is 0 Å². The van der Waals surface area contributed by atoms with Gasteiger partial charge in [-0.25, -0.2) is 0 Å². The van der Waals surface area contributed by atoms with Crippen LogP contribution in [0.15, 0.2) is 60.7 Å². The second-order valence-electron chi connectivity index (χ2n) is 12.4. The van der Waals surface area contributed by atoms with Crippen LogP contribution in [0.3, 0.4) is 0 Å². The molecule has 37 heavy (non-hydrogen) atoms. The molecule has 0 radical (unpaired) electrons. The summed E-state index contributed by atoms with van der Waals surface area (Å²) in [5, 5.41) is 0. The first-order chi connectivity index (χ1) is 17.9. The molecule has 0 amide bonds. The Bertz CT molecular complexity index is 906. The quantitative estimate of drug-likeness (QED) is 0.277. The number of nitrogens with zero attached hydrogens (tertiary/aromatic N) is 2. The number of Topliss-reactive ketones (excluding diaryl/α,β-unsaturated/α-hetero) is 2. The molecule has 0 N–H and O–H groups in total. The first-order valence-corrected chi connectivity index (χ1v) is 14.7. The molecule has 2 aliphatic heterocycles. The summed E-state index contributed by atoms with van der Waals surface area (Å²) in [6, 6.07) is 19.6. The Balaban J connectivity index is 1.65. The number of hydrogen-bond acceptors (Lipinski definition) is 2. The minimum Gasteiger partial charge on any atom is -0.325 e. The molecule has 0 saturated carbocycles. The Hall–Kier alpha value is -2.30. The van der Waals surface area contributed by atoms with Crippen molar-refractivity contribution in [3.05, 3.63) is 71.8 Å². The van der Waals surface area contributed by atoms with Crippen molar-refractivity contribution in [3.63, 3.8) is 0 Å². The third kappa shape index (κ3) is 7.85. The fourth-order valence-corrected chi connectivity index (χ4v) is 6.88. The third-order valence-electron chi connectivity index (χ3n) is 9.04. The molecular weight excluding hydrogens is 456 g/mol. The van der Waals surface area contributed by atoms with Crippen LogP contribution in [0.25, 0.3) is 0 Å². The van der Waals surface area contributed by atoms with E-state index in [4.69, 9.17) is 0 Å². The Morgan fingerprint density at radius 1 is 0.568 bits per heavy atom. The molecule has 2 aliphatic rings. The first-order valence-electron chi connectivity index (χ1n) is 14.7. The lowest BCUT2D eigenvalue weighted by atomic mass is 9.83. The van der Waals surface area contributed by atoms with Crippen LogP contribution < -0.4 is 0 Å². The lowest BCUT2D eigenvalue weighted by molar-refractivity contribution is -0.913. The maximum atomic E-state index is 14.0. The summed E-state index contributed by atoms with van der Waals surface area (Å²) in [6.45, 7) is 6.17. The summed E-state index contributed by atoms with van der Waals surface area (Å²) in [5.74, 6) is 0.130. The van der Waals surface area contributed by atoms with E-state index in [1.54, 1.807) is 0 Å². The smallest absolute Gasteiger partial charge is 0.171 e. The highest BCUT2D eigenvalue weighted by Crippen LogP contribution is 2.29. The summed E-state index contributed by atoms with van der Waals surface area (Å²) in [5.41, 5.74) is 1.57. The number of carbonyl (C=O) groups excluding carboxylic acids is 2. The Labute approximate surface area is 224 Å². The monoisotopic (exact) mass is 504 g/mol. The van der Waals surface area contributed by atoms with E-state index in [2.05, 4.69) is 14.1 Å². The van der Waals surface area contributed by atoms with Gasteiger partial charge in [0.05, 0.1) is 65.2 Å². The summed E-state index contributed by atoms with van der Waals surface area (Å²) >= 11 is 0. The van der Waals surface area contributed by atoms with Crippen molar-refractivity contribution < 1.29 is 18.6 Å². The highest BCUT2D eigenvalue weighted by Gasteiger charge is 2.38. The van der Waals surface area contributed by atoms with E-state index in [1.165, 1.54) is 51.4 Å². The van der Waals surface area contributed by atoms with Crippen molar-refractivity contribution >= 4 is 11.6 Å². The van der Waals surface area contributed by atoms with E-state index >= 15 is 0 Å². The SMILES string of the molecule is C[N+]1(C[C@@H](C[C@H](C[N+]2(C)CCCCCC2)C(=O)c2ccccc2)C(=O)c2ccccc2)CCCCCC1. The topological polar surface area (TPSA) is 34.1 Å². The van der Waals surface area contributed by atoms with Gasteiger partial charge in [-0.1, -0.05) is 60.7 Å². The van der Waals surface area contributed by atoms with Gasteiger partial charge in [-0.15, -0.1) is 0 Å². The van der Waals surface area contributed by atoms with E-state index in [1.807, 2.05) is 60.7 Å². The second kappa shape index (κ2) is 13.0. The molecule has 2 saturated heterocycles. The molecule has 0 bridgehead atoms. The molecular formula is C33H48N2O2+2. The van der Waals surface area contributed by atoms with Gasteiger partial charge in [0.15, 0.2) is 11.6 Å². The molecule has 0 aromatic heterocycles. The normalized spacial score (nSPS) is 21.2. The minimum absolute atomic E-state index is 0.151. The van der Waals surface area contributed by atoms with E-state index in [9.17, 15) is 9.59 Å². The second-order valence-corrected chi connectivity index (χ2v) is 12.4. The molecule has 0 unspecified atom stereocenters. The lowest BCUT2D eigenvalue weighted by Gasteiger charge is -2.39. The predicted octanol–water partition coefficient (Wildman–Crippen LogP) is 6.42. The summed E-state index contributed by atoms with van der Waals surface area (Å²) < 4.78 is 1.89. The van der Waals surface area contributed by atoms with Crippen LogP contribution >= 0.6 is 0 Å². The zero-order chi connectivity index (χ0) is 26.1. The van der Waals surface area contributed by atoms with Crippen molar-refractivity contribution in [1.29, 1.82) is 0 Å². The zero-order valence-corrected chi connectivity index (χ0v) is 23.2. The van der Waals surface area contributed by atoms with E-state index in [0.29, 0.717) is 6.42 Å². The molecule has 4 heteroatoms. The molecule has 4 nitrogen and oxygen atoms in total. The van der Waals surface area contributed by atoms with Crippen LogP contribution in [0.1, 0.15) is 78.5 Å². The van der Waals surface area contributed by atoms with Gasteiger partial charge in [-0.05, 0) is 57.8 Å². The third-order valence-corrected chi connectivity index (χ3v) is 9.04. The van der Waals surface area contributed by atoms with Crippen LogP contribution in [-0.2, 0) is 0 Å². The maximum Gasteiger partial charge on any atom is 0.171 e. The highest BCUT2D eigenvalue weighted by atomic mass is 16.1. The van der Waals surface area contributed by atoms with Crippen molar-refractivity contribution in [2.45, 2.75) is 57.8 Å². The van der Waals surface area contributed by atoms with Crippen molar-refractivity contribution in [2.24, 2.45) is 11.8 Å². The van der Waals surface area contributed by atoms with Gasteiger partial charge in [-0.3, -0.25) is 9.59 Å². The molecule has 2 aromatic carbocycles. The summed E-state index contributed by atoms with van der Waals surface area (Å²) in [6.07, 6.45) is 10.7. The molecule has 4 rings (SSSR count). The Morgan fingerprint density at radius 2 is 0.892 bits per heavy atom. The van der Waals surface area contributed by atoms with Gasteiger partial charge < -0.3 is 8.97 Å². The lowest BCUT2D eigenvalue weighted by Crippen LogP contribution is -2.52. The molecule has 2 fully saturated rings. The summed E-state index contributed by atoms with van der Waals surface area (Å²) in [4.78, 5) is 28.1. The molecule has 0 aliphatic carbocycles. The minimum atomic E-state index is -0.151. The number of likely N-dealkylation sites (tertiary alicyclic amines) is 2. The Morgan fingerprint density at radius 3 is 1.22 bits per heavy atom. The number of quaternary nitrogens is 2. The van der Waals surface area contributed by atoms with Crippen LogP contribution in [0.2, 0.25) is 0 Å². The molecule has 200 valence electrons.